The van der Waals surface area contributed by atoms with E-state index in [1.165, 1.54) is 23.0 Å². The summed E-state index contributed by atoms with van der Waals surface area (Å²) in [5.41, 5.74) is -1.33. The summed E-state index contributed by atoms with van der Waals surface area (Å²) in [6, 6.07) is 3.60. The third kappa shape index (κ3) is 2.87. The SMILES string of the molecule is O=C1CC(C(=O)Nc2ccccc2C(F)(F)F)n2cnnc2N1. The second-order valence-corrected chi connectivity index (χ2v) is 4.86. The van der Waals surface area contributed by atoms with Gasteiger partial charge in [-0.1, -0.05) is 12.1 Å². The molecule has 0 spiro atoms. The average Bonchev–Trinajstić information content (AvgIpc) is 2.93. The number of amides is 2. The zero-order chi connectivity index (χ0) is 16.6. The van der Waals surface area contributed by atoms with Crippen LogP contribution in [0.4, 0.5) is 24.8 Å². The normalized spacial score (nSPS) is 17.3. The molecule has 0 bridgehead atoms. The molecule has 0 aliphatic carbocycles. The van der Waals surface area contributed by atoms with Gasteiger partial charge < -0.3 is 5.32 Å². The molecule has 1 aliphatic rings. The van der Waals surface area contributed by atoms with Gasteiger partial charge in [0.2, 0.25) is 17.8 Å². The van der Waals surface area contributed by atoms with E-state index in [0.29, 0.717) is 0 Å². The molecule has 1 atom stereocenters. The number of aromatic nitrogens is 3. The van der Waals surface area contributed by atoms with Crippen molar-refractivity contribution in [2.75, 3.05) is 10.6 Å². The van der Waals surface area contributed by atoms with Crippen LogP contribution in [0.25, 0.3) is 0 Å². The van der Waals surface area contributed by atoms with Crippen LogP contribution in [0.1, 0.15) is 18.0 Å². The Morgan fingerprint density at radius 2 is 2.09 bits per heavy atom. The van der Waals surface area contributed by atoms with Crippen molar-refractivity contribution in [2.45, 2.75) is 18.6 Å². The van der Waals surface area contributed by atoms with Gasteiger partial charge in [0.15, 0.2) is 0 Å². The summed E-state index contributed by atoms with van der Waals surface area (Å²) in [5.74, 6) is -1.14. The number of rotatable bonds is 2. The largest absolute Gasteiger partial charge is 0.418 e. The van der Waals surface area contributed by atoms with E-state index in [1.807, 2.05) is 0 Å². The lowest BCUT2D eigenvalue weighted by atomic mass is 10.1. The van der Waals surface area contributed by atoms with Crippen molar-refractivity contribution < 1.29 is 22.8 Å². The number of nitrogens with zero attached hydrogens (tertiary/aromatic N) is 3. The van der Waals surface area contributed by atoms with Crippen LogP contribution in [-0.2, 0) is 15.8 Å². The van der Waals surface area contributed by atoms with E-state index >= 15 is 0 Å². The van der Waals surface area contributed by atoms with Crippen molar-refractivity contribution in [2.24, 2.45) is 0 Å². The van der Waals surface area contributed by atoms with Crippen LogP contribution in [0, 0.1) is 0 Å². The van der Waals surface area contributed by atoms with Gasteiger partial charge >= 0.3 is 6.18 Å². The van der Waals surface area contributed by atoms with Crippen molar-refractivity contribution in [3.8, 4) is 0 Å². The van der Waals surface area contributed by atoms with Gasteiger partial charge in [0.1, 0.15) is 12.4 Å². The van der Waals surface area contributed by atoms with Crippen LogP contribution in [0.2, 0.25) is 0 Å². The summed E-state index contributed by atoms with van der Waals surface area (Å²) in [6.07, 6.45) is -3.59. The molecule has 2 N–H and O–H groups in total. The maximum atomic E-state index is 13.0. The summed E-state index contributed by atoms with van der Waals surface area (Å²) >= 11 is 0. The van der Waals surface area contributed by atoms with Gasteiger partial charge in [-0.3, -0.25) is 19.5 Å². The molecule has 0 fully saturated rings. The molecule has 7 nitrogen and oxygen atoms in total. The van der Waals surface area contributed by atoms with E-state index in [9.17, 15) is 22.8 Å². The fourth-order valence-electron chi connectivity index (χ4n) is 2.28. The molecule has 120 valence electrons. The number of anilines is 2. The van der Waals surface area contributed by atoms with Crippen molar-refractivity contribution in [3.63, 3.8) is 0 Å². The maximum Gasteiger partial charge on any atom is 0.418 e. The first-order valence-electron chi connectivity index (χ1n) is 6.52. The van der Waals surface area contributed by atoms with Crippen LogP contribution in [0.5, 0.6) is 0 Å². The maximum absolute atomic E-state index is 13.0. The van der Waals surface area contributed by atoms with Gasteiger partial charge in [0.25, 0.3) is 0 Å². The number of fused-ring (bicyclic) bond motifs is 1. The molecule has 0 saturated carbocycles. The third-order valence-corrected chi connectivity index (χ3v) is 3.33. The Balaban J connectivity index is 1.88. The van der Waals surface area contributed by atoms with E-state index in [2.05, 4.69) is 20.8 Å². The van der Waals surface area contributed by atoms with Crippen LogP contribution in [0.15, 0.2) is 30.6 Å². The van der Waals surface area contributed by atoms with E-state index in [0.717, 1.165) is 12.1 Å². The predicted molar refractivity (Wildman–Crippen MR) is 72.4 cm³/mol. The Bertz CT molecular complexity index is 771. The molecule has 2 aromatic rings. The summed E-state index contributed by atoms with van der Waals surface area (Å²) < 4.78 is 40.2. The van der Waals surface area contributed by atoms with E-state index in [1.54, 1.807) is 0 Å². The zero-order valence-corrected chi connectivity index (χ0v) is 11.5. The minimum Gasteiger partial charge on any atom is -0.324 e. The van der Waals surface area contributed by atoms with Crippen molar-refractivity contribution in [1.82, 2.24) is 14.8 Å². The molecule has 1 aromatic heterocycles. The Kier molecular flexibility index (Phi) is 3.51. The highest BCUT2D eigenvalue weighted by Crippen LogP contribution is 2.35. The quantitative estimate of drug-likeness (QED) is 0.881. The molecule has 1 unspecified atom stereocenters. The second-order valence-electron chi connectivity index (χ2n) is 4.86. The smallest absolute Gasteiger partial charge is 0.324 e. The first kappa shape index (κ1) is 15.0. The third-order valence-electron chi connectivity index (χ3n) is 3.33. The molecular formula is C13H10F3N5O2. The van der Waals surface area contributed by atoms with Gasteiger partial charge in [0.05, 0.1) is 17.7 Å². The Morgan fingerprint density at radius 3 is 2.83 bits per heavy atom. The molecule has 1 aromatic carbocycles. The first-order chi connectivity index (χ1) is 10.9. The van der Waals surface area contributed by atoms with Crippen molar-refractivity contribution in [1.29, 1.82) is 0 Å². The van der Waals surface area contributed by atoms with Crippen LogP contribution in [0.3, 0.4) is 0 Å². The molecule has 3 rings (SSSR count). The highest BCUT2D eigenvalue weighted by atomic mass is 19.4. The summed E-state index contributed by atoms with van der Waals surface area (Å²) in [7, 11) is 0. The number of benzene rings is 1. The number of carbonyl (C=O) groups is 2. The standard InChI is InChI=1S/C13H10F3N5O2/c14-13(15,16)7-3-1-2-4-8(7)18-11(23)9-5-10(22)19-12-20-17-6-21(9)12/h1-4,6,9H,5H2,(H,18,23)(H,19,20,22). The Labute approximate surface area is 127 Å². The lowest BCUT2D eigenvalue weighted by Crippen LogP contribution is -2.35. The van der Waals surface area contributed by atoms with E-state index < -0.39 is 29.6 Å². The molecule has 23 heavy (non-hydrogen) atoms. The molecule has 2 amide bonds. The molecule has 1 aliphatic heterocycles. The number of nitrogens with one attached hydrogen (secondary N) is 2. The Hall–Kier alpha value is -2.91. The van der Waals surface area contributed by atoms with Gasteiger partial charge in [0, 0.05) is 0 Å². The van der Waals surface area contributed by atoms with Gasteiger partial charge in [-0.05, 0) is 12.1 Å². The van der Waals surface area contributed by atoms with E-state index in [-0.39, 0.29) is 18.1 Å². The van der Waals surface area contributed by atoms with Crippen molar-refractivity contribution >= 4 is 23.5 Å². The number of hydrogen-bond donors (Lipinski definition) is 2. The summed E-state index contributed by atoms with van der Waals surface area (Å²) in [6.45, 7) is 0. The fourth-order valence-corrected chi connectivity index (χ4v) is 2.28. The number of halogens is 3. The van der Waals surface area contributed by atoms with Gasteiger partial charge in [-0.15, -0.1) is 10.2 Å². The van der Waals surface area contributed by atoms with Crippen molar-refractivity contribution in [3.05, 3.63) is 36.2 Å². The number of hydrogen-bond acceptors (Lipinski definition) is 4. The van der Waals surface area contributed by atoms with E-state index in [4.69, 9.17) is 0 Å². The second kappa shape index (κ2) is 5.38. The van der Waals surface area contributed by atoms with Gasteiger partial charge in [-0.25, -0.2) is 0 Å². The number of para-hydroxylation sites is 1. The Morgan fingerprint density at radius 1 is 1.35 bits per heavy atom. The topological polar surface area (TPSA) is 88.9 Å². The highest BCUT2D eigenvalue weighted by molar-refractivity contribution is 6.01. The predicted octanol–water partition coefficient (Wildman–Crippen LogP) is 1.82. The first-order valence-corrected chi connectivity index (χ1v) is 6.52. The molecule has 10 heteroatoms. The fraction of sp³-hybridized carbons (Fsp3) is 0.231. The minimum absolute atomic E-state index is 0.0745. The molecule has 0 saturated heterocycles. The minimum atomic E-state index is -4.60. The van der Waals surface area contributed by atoms with Crippen LogP contribution >= 0.6 is 0 Å². The monoisotopic (exact) mass is 325 g/mol. The lowest BCUT2D eigenvalue weighted by molar-refractivity contribution is -0.137. The highest BCUT2D eigenvalue weighted by Gasteiger charge is 2.35. The molecular weight excluding hydrogens is 315 g/mol. The molecule has 0 radical (unpaired) electrons. The van der Waals surface area contributed by atoms with Crippen LogP contribution in [-0.4, -0.2) is 26.6 Å². The summed E-state index contributed by atoms with van der Waals surface area (Å²) in [4.78, 5) is 23.9. The summed E-state index contributed by atoms with van der Waals surface area (Å²) in [5, 5.41) is 11.8. The molecule has 2 heterocycles. The zero-order valence-electron chi connectivity index (χ0n) is 11.5. The number of alkyl halides is 3. The van der Waals surface area contributed by atoms with Crippen LogP contribution < -0.4 is 10.6 Å². The average molecular weight is 325 g/mol. The lowest BCUT2D eigenvalue weighted by Gasteiger charge is -2.24. The van der Waals surface area contributed by atoms with Gasteiger partial charge in [-0.2, -0.15) is 13.2 Å². The number of carbonyl (C=O) groups excluding carboxylic acids is 2.